The van der Waals surface area contributed by atoms with E-state index in [-0.39, 0.29) is 17.3 Å². The number of nitrogens with zero attached hydrogens (tertiary/aromatic N) is 3. The predicted octanol–water partition coefficient (Wildman–Crippen LogP) is 2.38. The molecule has 2 aromatic heterocycles. The van der Waals surface area contributed by atoms with E-state index in [4.69, 9.17) is 4.74 Å². The molecule has 148 valence electrons. The zero-order valence-electron chi connectivity index (χ0n) is 16.3. The van der Waals surface area contributed by atoms with Crippen LogP contribution in [0.3, 0.4) is 0 Å². The number of carbonyl (C=O) groups excluding carboxylic acids is 1. The second-order valence-corrected chi connectivity index (χ2v) is 7.78. The van der Waals surface area contributed by atoms with Crippen molar-refractivity contribution in [3.63, 3.8) is 0 Å². The van der Waals surface area contributed by atoms with Gasteiger partial charge in [0.1, 0.15) is 0 Å². The first-order valence-electron chi connectivity index (χ1n) is 9.94. The van der Waals surface area contributed by atoms with Gasteiger partial charge in [0.05, 0.1) is 18.6 Å². The highest BCUT2D eigenvalue weighted by atomic mass is 16.5. The Morgan fingerprint density at radius 3 is 2.62 bits per heavy atom. The molecule has 1 aromatic carbocycles. The highest BCUT2D eigenvalue weighted by molar-refractivity contribution is 6.02. The molecule has 29 heavy (non-hydrogen) atoms. The van der Waals surface area contributed by atoms with E-state index in [2.05, 4.69) is 39.2 Å². The van der Waals surface area contributed by atoms with E-state index in [0.717, 1.165) is 11.1 Å². The summed E-state index contributed by atoms with van der Waals surface area (Å²) < 4.78 is 5.37. The fraction of sp³-hybridized carbons (Fsp3) is 0.364. The maximum atomic E-state index is 13.0. The summed E-state index contributed by atoms with van der Waals surface area (Å²) in [5.41, 5.74) is 3.77. The van der Waals surface area contributed by atoms with Gasteiger partial charge in [0.15, 0.2) is 11.4 Å². The van der Waals surface area contributed by atoms with Crippen LogP contribution < -0.4 is 10.5 Å². The van der Waals surface area contributed by atoms with Gasteiger partial charge in [0.2, 0.25) is 5.95 Å². The van der Waals surface area contributed by atoms with Gasteiger partial charge in [0.25, 0.3) is 5.56 Å². The molecule has 1 saturated heterocycles. The number of nitrogens with one attached hydrogen (secondary N) is 1. The molecule has 0 spiro atoms. The quantitative estimate of drug-likeness (QED) is 0.723. The van der Waals surface area contributed by atoms with E-state index in [0.29, 0.717) is 61.7 Å². The van der Waals surface area contributed by atoms with Crippen molar-refractivity contribution in [2.45, 2.75) is 25.7 Å². The number of aryl methyl sites for hydroxylation is 1. The van der Waals surface area contributed by atoms with Crippen molar-refractivity contribution in [2.75, 3.05) is 31.2 Å². The van der Waals surface area contributed by atoms with Gasteiger partial charge >= 0.3 is 0 Å². The molecule has 0 unspecified atom stereocenters. The van der Waals surface area contributed by atoms with Crippen molar-refractivity contribution in [3.05, 3.63) is 63.1 Å². The molecular weight excluding hydrogens is 368 g/mol. The van der Waals surface area contributed by atoms with E-state index >= 15 is 0 Å². The van der Waals surface area contributed by atoms with Gasteiger partial charge in [-0.15, -0.1) is 0 Å². The van der Waals surface area contributed by atoms with Crippen LogP contribution in [0.4, 0.5) is 5.95 Å². The van der Waals surface area contributed by atoms with Gasteiger partial charge in [0, 0.05) is 31.3 Å². The topological polar surface area (TPSA) is 88.2 Å². The van der Waals surface area contributed by atoms with E-state index in [1.807, 2.05) is 11.8 Å². The number of aromatic amines is 1. The molecule has 1 fully saturated rings. The van der Waals surface area contributed by atoms with Crippen LogP contribution in [0.15, 0.2) is 35.3 Å². The number of anilines is 1. The first-order chi connectivity index (χ1) is 14.1. The summed E-state index contributed by atoms with van der Waals surface area (Å²) in [5, 5.41) is 0.435. The number of fused-ring (bicyclic) bond motifs is 3. The van der Waals surface area contributed by atoms with Crippen molar-refractivity contribution in [2.24, 2.45) is 0 Å². The van der Waals surface area contributed by atoms with Gasteiger partial charge in [-0.2, -0.15) is 4.98 Å². The van der Waals surface area contributed by atoms with Crippen molar-refractivity contribution < 1.29 is 9.53 Å². The zero-order chi connectivity index (χ0) is 20.0. The highest BCUT2D eigenvalue weighted by Gasteiger charge is 2.30. The maximum absolute atomic E-state index is 13.0. The van der Waals surface area contributed by atoms with Crippen molar-refractivity contribution in [3.8, 4) is 0 Å². The molecule has 0 radical (unpaired) electrons. The lowest BCUT2D eigenvalue weighted by Crippen LogP contribution is -2.38. The third-order valence-electron chi connectivity index (χ3n) is 5.87. The van der Waals surface area contributed by atoms with Crippen LogP contribution in [0.25, 0.3) is 11.0 Å². The summed E-state index contributed by atoms with van der Waals surface area (Å²) in [4.78, 5) is 39.7. The summed E-state index contributed by atoms with van der Waals surface area (Å²) in [6, 6.07) is 8.26. The molecule has 7 heteroatoms. The standard InChI is InChI=1S/C22H22N4O3/c1-13-2-4-14(5-3-13)15-10-16-17(18(27)11-15)12-23-20-19(16)21(28)25-22(24-20)26-6-8-29-9-7-26/h2-5,12,15H,6-11H2,1H3,(H,23,24,25,28)/t15-/m1/s1. The van der Waals surface area contributed by atoms with E-state index < -0.39 is 0 Å². The molecule has 5 rings (SSSR count). The van der Waals surface area contributed by atoms with E-state index in [9.17, 15) is 9.59 Å². The number of ketones is 1. The Kier molecular flexibility index (Phi) is 4.39. The fourth-order valence-corrected chi connectivity index (χ4v) is 4.26. The summed E-state index contributed by atoms with van der Waals surface area (Å²) >= 11 is 0. The van der Waals surface area contributed by atoms with Gasteiger partial charge < -0.3 is 9.64 Å². The lowest BCUT2D eigenvalue weighted by molar-refractivity contribution is 0.0964. The van der Waals surface area contributed by atoms with Crippen LogP contribution in [0.5, 0.6) is 0 Å². The van der Waals surface area contributed by atoms with Crippen LogP contribution in [-0.2, 0) is 11.2 Å². The van der Waals surface area contributed by atoms with E-state index in [1.165, 1.54) is 5.56 Å². The Bertz CT molecular complexity index is 1150. The number of Topliss-reactive ketones (excluding diaryl/α,β-unsaturated/α-hetero) is 1. The number of aromatic nitrogens is 3. The minimum atomic E-state index is -0.238. The number of rotatable bonds is 2. The fourth-order valence-electron chi connectivity index (χ4n) is 4.26. The molecule has 2 aliphatic rings. The Balaban J connectivity index is 1.59. The number of ether oxygens (including phenoxy) is 1. The molecule has 1 atom stereocenters. The number of hydrogen-bond donors (Lipinski definition) is 1. The van der Waals surface area contributed by atoms with Gasteiger partial charge in [-0.3, -0.25) is 14.6 Å². The van der Waals surface area contributed by atoms with Crippen LogP contribution in [0, 0.1) is 6.92 Å². The molecule has 7 nitrogen and oxygen atoms in total. The Labute approximate surface area is 167 Å². The second kappa shape index (κ2) is 7.08. The normalized spacial score (nSPS) is 19.4. The SMILES string of the molecule is Cc1ccc([C@H]2CC(=O)c3cnc4nc(N5CCOCC5)[nH]c(=O)c4c3C2)cc1. The van der Waals surface area contributed by atoms with Crippen LogP contribution >= 0.6 is 0 Å². The zero-order valence-corrected chi connectivity index (χ0v) is 16.3. The van der Waals surface area contributed by atoms with Gasteiger partial charge in [-0.1, -0.05) is 29.8 Å². The van der Waals surface area contributed by atoms with E-state index in [1.54, 1.807) is 6.20 Å². The average Bonchev–Trinajstić information content (AvgIpc) is 2.74. The number of H-pyrrole nitrogens is 1. The first kappa shape index (κ1) is 18.0. The number of hydrogen-bond acceptors (Lipinski definition) is 6. The minimum absolute atomic E-state index is 0.0304. The Hall–Kier alpha value is -3.06. The van der Waals surface area contributed by atoms with Crippen molar-refractivity contribution in [1.82, 2.24) is 15.0 Å². The summed E-state index contributed by atoms with van der Waals surface area (Å²) in [6.45, 7) is 4.60. The molecule has 1 N–H and O–H groups in total. The largest absolute Gasteiger partial charge is 0.378 e. The minimum Gasteiger partial charge on any atom is -0.378 e. The molecule has 1 aliphatic heterocycles. The molecular formula is C22H22N4O3. The lowest BCUT2D eigenvalue weighted by atomic mass is 9.79. The monoisotopic (exact) mass is 390 g/mol. The molecule has 3 aromatic rings. The van der Waals surface area contributed by atoms with Gasteiger partial charge in [-0.05, 0) is 30.4 Å². The third-order valence-corrected chi connectivity index (χ3v) is 5.87. The third kappa shape index (κ3) is 3.21. The number of benzene rings is 1. The average molecular weight is 390 g/mol. The van der Waals surface area contributed by atoms with Crippen LogP contribution in [0.2, 0.25) is 0 Å². The Morgan fingerprint density at radius 2 is 1.86 bits per heavy atom. The summed E-state index contributed by atoms with van der Waals surface area (Å²) in [5.74, 6) is 0.595. The summed E-state index contributed by atoms with van der Waals surface area (Å²) in [7, 11) is 0. The predicted molar refractivity (Wildman–Crippen MR) is 110 cm³/mol. The van der Waals surface area contributed by atoms with Crippen molar-refractivity contribution >= 4 is 22.8 Å². The molecule has 0 amide bonds. The van der Waals surface area contributed by atoms with Gasteiger partial charge in [-0.25, -0.2) is 4.98 Å². The maximum Gasteiger partial charge on any atom is 0.262 e. The number of carbonyl (C=O) groups is 1. The number of morpholine rings is 1. The second-order valence-electron chi connectivity index (χ2n) is 7.78. The van der Waals surface area contributed by atoms with Crippen LogP contribution in [-0.4, -0.2) is 47.0 Å². The molecule has 1 aliphatic carbocycles. The summed E-state index contributed by atoms with van der Waals surface area (Å²) in [6.07, 6.45) is 2.64. The first-order valence-corrected chi connectivity index (χ1v) is 9.94. The lowest BCUT2D eigenvalue weighted by Gasteiger charge is -2.28. The molecule has 0 bridgehead atoms. The van der Waals surface area contributed by atoms with Crippen LogP contribution in [0.1, 0.15) is 39.4 Å². The highest BCUT2D eigenvalue weighted by Crippen LogP contribution is 2.34. The molecule has 0 saturated carbocycles. The smallest absolute Gasteiger partial charge is 0.262 e. The molecule has 3 heterocycles. The Morgan fingerprint density at radius 1 is 1.10 bits per heavy atom. The van der Waals surface area contributed by atoms with Crippen molar-refractivity contribution in [1.29, 1.82) is 0 Å². The number of pyridine rings is 1.